The minimum atomic E-state index is -4.00. The van der Waals surface area contributed by atoms with Crippen LogP contribution in [0.5, 0.6) is 0 Å². The van der Waals surface area contributed by atoms with Crippen LogP contribution in [0.2, 0.25) is 24.2 Å². The molecule has 0 rings (SSSR count). The molecule has 0 saturated carbocycles. The number of hydrogen-bond donors (Lipinski definition) is 4. The first-order chi connectivity index (χ1) is 18.8. The lowest BCUT2D eigenvalue weighted by Gasteiger charge is -2.32. The highest BCUT2D eigenvalue weighted by Gasteiger charge is 2.31. The van der Waals surface area contributed by atoms with E-state index in [1.165, 1.54) is 0 Å². The molecular weight excluding hydrogens is 717 g/mol. The molecule has 0 spiro atoms. The van der Waals surface area contributed by atoms with E-state index in [1.807, 2.05) is 0 Å². The summed E-state index contributed by atoms with van der Waals surface area (Å²) in [5, 5.41) is 0. The molecule has 0 fully saturated rings. The Morgan fingerprint density at radius 3 is 0.732 bits per heavy atom. The van der Waals surface area contributed by atoms with Crippen LogP contribution in [0.3, 0.4) is 0 Å². The van der Waals surface area contributed by atoms with Crippen molar-refractivity contribution in [3.8, 4) is 0 Å². The van der Waals surface area contributed by atoms with Crippen LogP contribution in [0.1, 0.15) is 25.7 Å². The zero-order valence-electron chi connectivity index (χ0n) is 23.0. The molecule has 0 amide bonds. The van der Waals surface area contributed by atoms with Crippen LogP contribution in [-0.2, 0) is 40.5 Å². The summed E-state index contributed by atoms with van der Waals surface area (Å²) in [5.41, 5.74) is 0. The lowest BCUT2D eigenvalue weighted by atomic mass is 10.6. The zero-order chi connectivity index (χ0) is 31.5. The molecule has 0 unspecified atom stereocenters. The van der Waals surface area contributed by atoms with Gasteiger partial charge in [-0.1, -0.05) is 0 Å². The van der Waals surface area contributed by atoms with E-state index < -0.39 is 48.5 Å². The van der Waals surface area contributed by atoms with Crippen molar-refractivity contribution >= 4 is 95.6 Å². The molecule has 0 atom stereocenters. The van der Waals surface area contributed by atoms with Gasteiger partial charge in [-0.2, -0.15) is 80.7 Å². The Hall–Kier alpha value is 1.26. The molecule has 0 saturated heterocycles. The van der Waals surface area contributed by atoms with Crippen LogP contribution in [0.15, 0.2) is 0 Å². The third-order valence-corrected chi connectivity index (χ3v) is 20.1. The molecular formula is C20H44O12S8Si. The normalized spacial score (nSPS) is 13.6. The molecule has 4 N–H and O–H groups in total. The lowest BCUT2D eigenvalue weighted by Crippen LogP contribution is -2.37. The Bertz CT molecular complexity index is 947. The maximum atomic E-state index is 11.0. The van der Waals surface area contributed by atoms with Crippen molar-refractivity contribution in [3.63, 3.8) is 0 Å². The van der Waals surface area contributed by atoms with Crippen molar-refractivity contribution in [2.45, 2.75) is 49.9 Å². The maximum Gasteiger partial charge on any atom is 0.264 e. The highest BCUT2D eigenvalue weighted by atomic mass is 32.2. The van der Waals surface area contributed by atoms with Gasteiger partial charge in [0.2, 0.25) is 0 Å². The van der Waals surface area contributed by atoms with Crippen LogP contribution < -0.4 is 0 Å². The van der Waals surface area contributed by atoms with Gasteiger partial charge >= 0.3 is 0 Å². The van der Waals surface area contributed by atoms with Gasteiger partial charge < -0.3 is 0 Å². The Labute approximate surface area is 264 Å². The third kappa shape index (κ3) is 31.0. The summed E-state index contributed by atoms with van der Waals surface area (Å²) in [6, 6.07) is 3.80. The smallest absolute Gasteiger partial charge is 0.264 e. The maximum absolute atomic E-state index is 11.0. The van der Waals surface area contributed by atoms with E-state index in [-0.39, 0.29) is 23.0 Å². The van der Waals surface area contributed by atoms with Gasteiger partial charge in [-0.3, -0.25) is 18.2 Å². The number of rotatable bonds is 28. The quantitative estimate of drug-likeness (QED) is 0.0510. The summed E-state index contributed by atoms with van der Waals surface area (Å²) in [7, 11) is -17.9. The molecule has 0 bridgehead atoms. The van der Waals surface area contributed by atoms with Crippen LogP contribution in [0, 0.1) is 0 Å². The van der Waals surface area contributed by atoms with Gasteiger partial charge in [-0.15, -0.1) is 0 Å². The Morgan fingerprint density at radius 2 is 0.561 bits per heavy atom. The standard InChI is InChI=1S/C20H44O12S8Si/c21-37(22,23)13-1-5-33-9-17-41(18-10-34-6-2-14-38(24,25)26,19-11-35-7-3-15-39(27,28)29)20-12-36-8-4-16-40(30,31)32/h1-20H2,(H,21,22,23)(H,24,25,26)(H,27,28,29)(H,30,31,32). The fourth-order valence-corrected chi connectivity index (χ4v) is 19.4. The molecule has 0 aromatic rings. The van der Waals surface area contributed by atoms with Crippen LogP contribution in [0.4, 0.5) is 0 Å². The summed E-state index contributed by atoms with van der Waals surface area (Å²) in [6.45, 7) is 0. The minimum absolute atomic E-state index is 0.289. The van der Waals surface area contributed by atoms with Crippen molar-refractivity contribution < 1.29 is 51.9 Å². The van der Waals surface area contributed by atoms with Gasteiger partial charge in [-0.25, -0.2) is 0 Å². The largest absolute Gasteiger partial charge is 0.286 e. The second kappa shape index (κ2) is 21.9. The zero-order valence-corrected chi connectivity index (χ0v) is 30.5. The molecule has 0 aromatic heterocycles. The highest BCUT2D eigenvalue weighted by molar-refractivity contribution is 8.00. The summed E-state index contributed by atoms with van der Waals surface area (Å²) < 4.78 is 124. The topological polar surface area (TPSA) is 217 Å². The van der Waals surface area contributed by atoms with Crippen molar-refractivity contribution in [2.24, 2.45) is 0 Å². The fourth-order valence-electron chi connectivity index (χ4n) is 3.69. The summed E-state index contributed by atoms with van der Waals surface area (Å²) in [5.74, 6) is 4.44. The van der Waals surface area contributed by atoms with Crippen molar-refractivity contribution in [3.05, 3.63) is 0 Å². The molecule has 0 heterocycles. The molecule has 0 aromatic carbocycles. The van der Waals surface area contributed by atoms with E-state index in [0.717, 1.165) is 47.2 Å². The first-order valence-electron chi connectivity index (χ1n) is 12.9. The second-order valence-electron chi connectivity index (χ2n) is 9.51. The average Bonchev–Trinajstić information content (AvgIpc) is 2.80. The SMILES string of the molecule is O=S(=O)(O)CCCSCC[Si](CCSCCCS(=O)(=O)O)(CCSCCCS(=O)(=O)O)CCSCCCS(=O)(=O)O. The first-order valence-corrected chi connectivity index (χ1v) is 26.8. The minimum Gasteiger partial charge on any atom is -0.286 e. The van der Waals surface area contributed by atoms with Crippen LogP contribution in [-0.4, -0.2) is 129 Å². The Morgan fingerprint density at radius 1 is 0.366 bits per heavy atom. The van der Waals surface area contributed by atoms with Crippen molar-refractivity contribution in [2.75, 3.05) is 69.0 Å². The second-order valence-corrected chi connectivity index (χ2v) is 25.7. The summed E-state index contributed by atoms with van der Waals surface area (Å²) in [6.07, 6.45) is 1.37. The van der Waals surface area contributed by atoms with Gasteiger partial charge in [0.05, 0.1) is 31.1 Å². The van der Waals surface area contributed by atoms with Gasteiger partial charge in [0, 0.05) is 0 Å². The van der Waals surface area contributed by atoms with E-state index >= 15 is 0 Å². The lowest BCUT2D eigenvalue weighted by molar-refractivity contribution is 0.480. The van der Waals surface area contributed by atoms with E-state index in [4.69, 9.17) is 18.2 Å². The van der Waals surface area contributed by atoms with Crippen LogP contribution in [0.25, 0.3) is 0 Å². The molecule has 21 heteroatoms. The Kier molecular flexibility index (Phi) is 22.6. The summed E-state index contributed by atoms with van der Waals surface area (Å²) >= 11 is 6.51. The van der Waals surface area contributed by atoms with Crippen molar-refractivity contribution in [1.29, 1.82) is 0 Å². The van der Waals surface area contributed by atoms with E-state index in [2.05, 4.69) is 0 Å². The van der Waals surface area contributed by atoms with E-state index in [1.54, 1.807) is 47.0 Å². The van der Waals surface area contributed by atoms with E-state index in [9.17, 15) is 33.7 Å². The first kappa shape index (κ1) is 42.3. The predicted molar refractivity (Wildman–Crippen MR) is 178 cm³/mol. The Balaban J connectivity index is 5.18. The van der Waals surface area contributed by atoms with Gasteiger partial charge in [0.25, 0.3) is 40.5 Å². The number of thioether (sulfide) groups is 4. The third-order valence-electron chi connectivity index (χ3n) is 5.87. The van der Waals surface area contributed by atoms with E-state index in [0.29, 0.717) is 48.7 Å². The monoisotopic (exact) mass is 760 g/mol. The van der Waals surface area contributed by atoms with Crippen molar-refractivity contribution in [1.82, 2.24) is 0 Å². The molecule has 0 radical (unpaired) electrons. The van der Waals surface area contributed by atoms with Gasteiger partial charge in [0.1, 0.15) is 0 Å². The molecule has 12 nitrogen and oxygen atoms in total. The molecule has 0 aliphatic rings. The van der Waals surface area contributed by atoms with Gasteiger partial charge in [0.15, 0.2) is 0 Å². The highest BCUT2D eigenvalue weighted by Crippen LogP contribution is 2.33. The summed E-state index contributed by atoms with van der Waals surface area (Å²) in [4.78, 5) is 0. The predicted octanol–water partition coefficient (Wildman–Crippen LogP) is 3.48. The average molecular weight is 761 g/mol. The molecule has 41 heavy (non-hydrogen) atoms. The number of hydrogen-bond acceptors (Lipinski definition) is 12. The molecule has 0 aliphatic carbocycles. The molecule has 0 aliphatic heterocycles. The molecule has 248 valence electrons. The van der Waals surface area contributed by atoms with Crippen LogP contribution >= 0.6 is 47.0 Å². The van der Waals surface area contributed by atoms with Gasteiger partial charge in [-0.05, 0) is 95.9 Å². The fraction of sp³-hybridized carbons (Fsp3) is 1.00.